The van der Waals surface area contributed by atoms with Gasteiger partial charge in [0.05, 0.1) is 6.61 Å². The van der Waals surface area contributed by atoms with E-state index >= 15 is 0 Å². The summed E-state index contributed by atoms with van der Waals surface area (Å²) in [5.41, 5.74) is -0.666. The van der Waals surface area contributed by atoms with Gasteiger partial charge in [0.2, 0.25) is 0 Å². The molecule has 0 spiro atoms. The van der Waals surface area contributed by atoms with Crippen LogP contribution in [-0.4, -0.2) is 44.3 Å². The quantitative estimate of drug-likeness (QED) is 0.498. The Hall–Kier alpha value is -0.750. The highest BCUT2D eigenvalue weighted by Gasteiger charge is 2.49. The van der Waals surface area contributed by atoms with Gasteiger partial charge in [0.1, 0.15) is 12.1 Å². The van der Waals surface area contributed by atoms with Gasteiger partial charge in [-0.25, -0.2) is 8.78 Å². The number of carbonyl (C=O) groups excluding carboxylic acids is 1. The molecule has 0 aromatic rings. The molecular weight excluding hydrogens is 280 g/mol. The minimum Gasteiger partial charge on any atom is -0.465 e. The van der Waals surface area contributed by atoms with Gasteiger partial charge in [0.15, 0.2) is 0 Å². The van der Waals surface area contributed by atoms with Crippen molar-refractivity contribution < 1.29 is 23.0 Å². The van der Waals surface area contributed by atoms with Crippen LogP contribution in [0.1, 0.15) is 46.0 Å². The summed E-state index contributed by atoms with van der Waals surface area (Å²) in [6.45, 7) is 4.64. The molecular formula is C15H27F2NO3. The van der Waals surface area contributed by atoms with Crippen LogP contribution < -0.4 is 5.32 Å². The van der Waals surface area contributed by atoms with Crippen LogP contribution in [0.25, 0.3) is 0 Å². The predicted molar refractivity (Wildman–Crippen MR) is 76.4 cm³/mol. The lowest BCUT2D eigenvalue weighted by molar-refractivity contribution is -0.153. The van der Waals surface area contributed by atoms with Gasteiger partial charge in [-0.15, -0.1) is 0 Å². The average Bonchev–Trinajstić information content (AvgIpc) is 2.85. The molecule has 124 valence electrons. The van der Waals surface area contributed by atoms with Gasteiger partial charge in [-0.05, 0) is 45.1 Å². The molecule has 1 N–H and O–H groups in total. The average molecular weight is 307 g/mol. The van der Waals surface area contributed by atoms with Gasteiger partial charge in [-0.2, -0.15) is 0 Å². The second-order valence-corrected chi connectivity index (χ2v) is 5.46. The van der Waals surface area contributed by atoms with E-state index in [4.69, 9.17) is 9.47 Å². The number of hydrogen-bond acceptors (Lipinski definition) is 4. The molecule has 2 unspecified atom stereocenters. The summed E-state index contributed by atoms with van der Waals surface area (Å²) >= 11 is 0. The Labute approximate surface area is 125 Å². The van der Waals surface area contributed by atoms with Crippen LogP contribution in [0.4, 0.5) is 8.78 Å². The maximum Gasteiger partial charge on any atom is 0.326 e. The Balaban J connectivity index is 2.62. The van der Waals surface area contributed by atoms with Crippen molar-refractivity contribution in [1.29, 1.82) is 0 Å². The molecule has 1 aliphatic rings. The Morgan fingerprint density at radius 3 is 2.81 bits per heavy atom. The van der Waals surface area contributed by atoms with Gasteiger partial charge in [-0.3, -0.25) is 4.79 Å². The smallest absolute Gasteiger partial charge is 0.326 e. The van der Waals surface area contributed by atoms with Crippen molar-refractivity contribution >= 4 is 5.97 Å². The van der Waals surface area contributed by atoms with Crippen LogP contribution in [0.5, 0.6) is 0 Å². The fourth-order valence-corrected chi connectivity index (χ4v) is 3.05. The second-order valence-electron chi connectivity index (χ2n) is 5.46. The molecule has 0 bridgehead atoms. The van der Waals surface area contributed by atoms with E-state index in [0.717, 1.165) is 32.2 Å². The van der Waals surface area contributed by atoms with E-state index in [0.29, 0.717) is 13.0 Å². The first-order valence-corrected chi connectivity index (χ1v) is 7.85. The molecule has 2 atom stereocenters. The third-order valence-electron chi connectivity index (χ3n) is 4.01. The zero-order valence-corrected chi connectivity index (χ0v) is 13.0. The van der Waals surface area contributed by atoms with Gasteiger partial charge in [0.25, 0.3) is 6.43 Å². The minimum atomic E-state index is -2.44. The van der Waals surface area contributed by atoms with Gasteiger partial charge in [-0.1, -0.05) is 13.3 Å². The predicted octanol–water partition coefficient (Wildman–Crippen LogP) is 2.76. The van der Waals surface area contributed by atoms with Crippen LogP contribution in [0.3, 0.4) is 0 Å². The molecule has 1 saturated carbocycles. The molecule has 1 rings (SSSR count). The van der Waals surface area contributed by atoms with E-state index in [-0.39, 0.29) is 18.5 Å². The van der Waals surface area contributed by atoms with Crippen molar-refractivity contribution in [3.05, 3.63) is 0 Å². The van der Waals surface area contributed by atoms with Crippen LogP contribution in [0.15, 0.2) is 0 Å². The SMILES string of the molecule is CCCNC1(C(=O)OCC)CCCC1CCOCC(F)F. The third kappa shape index (κ3) is 5.18. The number of rotatable bonds is 10. The highest BCUT2D eigenvalue weighted by molar-refractivity contribution is 5.81. The lowest BCUT2D eigenvalue weighted by atomic mass is 9.84. The topological polar surface area (TPSA) is 47.6 Å². The molecule has 4 nitrogen and oxygen atoms in total. The van der Waals surface area contributed by atoms with Gasteiger partial charge in [0, 0.05) is 6.61 Å². The summed E-state index contributed by atoms with van der Waals surface area (Å²) in [6, 6.07) is 0. The van der Waals surface area contributed by atoms with Crippen molar-refractivity contribution in [1.82, 2.24) is 5.32 Å². The fourth-order valence-electron chi connectivity index (χ4n) is 3.05. The summed E-state index contributed by atoms with van der Waals surface area (Å²) in [6.07, 6.45) is 1.66. The zero-order chi connectivity index (χ0) is 15.7. The van der Waals surface area contributed by atoms with E-state index in [1.807, 2.05) is 6.92 Å². The highest BCUT2D eigenvalue weighted by atomic mass is 19.3. The van der Waals surface area contributed by atoms with Crippen molar-refractivity contribution in [2.45, 2.75) is 57.9 Å². The molecule has 1 aliphatic carbocycles. The van der Waals surface area contributed by atoms with Crippen LogP contribution in [0.2, 0.25) is 0 Å². The Kier molecular flexibility index (Phi) is 8.11. The molecule has 0 amide bonds. The lowest BCUT2D eigenvalue weighted by Crippen LogP contribution is -2.56. The first-order valence-electron chi connectivity index (χ1n) is 7.85. The second kappa shape index (κ2) is 9.30. The maximum absolute atomic E-state index is 12.4. The number of carbonyl (C=O) groups is 1. The Morgan fingerprint density at radius 2 is 2.19 bits per heavy atom. The monoisotopic (exact) mass is 307 g/mol. The number of ether oxygens (including phenoxy) is 2. The molecule has 6 heteroatoms. The van der Waals surface area contributed by atoms with Crippen molar-refractivity contribution in [3.63, 3.8) is 0 Å². The number of hydrogen-bond donors (Lipinski definition) is 1. The first kappa shape index (κ1) is 18.3. The molecule has 0 aliphatic heterocycles. The fraction of sp³-hybridized carbons (Fsp3) is 0.933. The van der Waals surface area contributed by atoms with Crippen molar-refractivity contribution in [3.8, 4) is 0 Å². The van der Waals surface area contributed by atoms with Gasteiger partial charge < -0.3 is 14.8 Å². The van der Waals surface area contributed by atoms with Gasteiger partial charge >= 0.3 is 5.97 Å². The standard InChI is InChI=1S/C15H27F2NO3/c1-3-9-18-15(14(19)21-4-2)8-5-6-12(15)7-10-20-11-13(16)17/h12-13,18H,3-11H2,1-2H3. The summed E-state index contributed by atoms with van der Waals surface area (Å²) in [5.74, 6) is -0.129. The third-order valence-corrected chi connectivity index (χ3v) is 4.01. The summed E-state index contributed by atoms with van der Waals surface area (Å²) in [4.78, 5) is 12.4. The lowest BCUT2D eigenvalue weighted by Gasteiger charge is -2.34. The number of esters is 1. The molecule has 0 aromatic carbocycles. The number of alkyl halides is 2. The molecule has 0 heterocycles. The van der Waals surface area contributed by atoms with Crippen LogP contribution >= 0.6 is 0 Å². The van der Waals surface area contributed by atoms with E-state index in [1.165, 1.54) is 0 Å². The van der Waals surface area contributed by atoms with Crippen LogP contribution in [0, 0.1) is 5.92 Å². The molecule has 21 heavy (non-hydrogen) atoms. The van der Waals surface area contributed by atoms with Crippen molar-refractivity contribution in [2.75, 3.05) is 26.4 Å². The van der Waals surface area contributed by atoms with Crippen molar-refractivity contribution in [2.24, 2.45) is 5.92 Å². The highest BCUT2D eigenvalue weighted by Crippen LogP contribution is 2.39. The Morgan fingerprint density at radius 1 is 1.43 bits per heavy atom. The van der Waals surface area contributed by atoms with E-state index in [2.05, 4.69) is 5.32 Å². The zero-order valence-electron chi connectivity index (χ0n) is 13.0. The van der Waals surface area contributed by atoms with E-state index < -0.39 is 18.6 Å². The summed E-state index contributed by atoms with van der Waals surface area (Å²) in [5, 5.41) is 3.35. The van der Waals surface area contributed by atoms with E-state index in [9.17, 15) is 13.6 Å². The normalized spacial score (nSPS) is 25.5. The van der Waals surface area contributed by atoms with Crippen LogP contribution in [-0.2, 0) is 14.3 Å². The first-order chi connectivity index (χ1) is 10.1. The summed E-state index contributed by atoms with van der Waals surface area (Å²) in [7, 11) is 0. The molecule has 0 saturated heterocycles. The molecule has 0 radical (unpaired) electrons. The number of nitrogens with one attached hydrogen (secondary N) is 1. The molecule has 1 fully saturated rings. The minimum absolute atomic E-state index is 0.0840. The van der Waals surface area contributed by atoms with E-state index in [1.54, 1.807) is 6.92 Å². The summed E-state index contributed by atoms with van der Waals surface area (Å²) < 4.78 is 34.3. The Bertz CT molecular complexity index is 315. The number of halogens is 2. The maximum atomic E-state index is 12.4. The largest absolute Gasteiger partial charge is 0.465 e. The molecule has 0 aromatic heterocycles.